The molecule has 0 radical (unpaired) electrons. The van der Waals surface area contributed by atoms with Crippen molar-refractivity contribution in [2.75, 3.05) is 27.4 Å². The maximum absolute atomic E-state index is 11.3. The molecule has 6 nitrogen and oxygen atoms in total. The van der Waals surface area contributed by atoms with Gasteiger partial charge in [-0.05, 0) is 6.92 Å². The molecule has 1 atom stereocenters. The quantitative estimate of drug-likeness (QED) is 0.424. The van der Waals surface area contributed by atoms with E-state index in [1.165, 1.54) is 7.11 Å². The number of carbonyl (C=O) groups excluding carboxylic acids is 1. The number of hydrogen-bond acceptors (Lipinski definition) is 6. The van der Waals surface area contributed by atoms with Gasteiger partial charge in [-0.3, -0.25) is 4.79 Å². The van der Waals surface area contributed by atoms with Crippen molar-refractivity contribution < 1.29 is 19.2 Å². The Bertz CT molecular complexity index is 165. The minimum atomic E-state index is -0.882. The van der Waals surface area contributed by atoms with Gasteiger partial charge in [-0.15, -0.1) is 0 Å². The minimum absolute atomic E-state index is 0.0430. The Morgan fingerprint density at radius 1 is 1.54 bits per heavy atom. The van der Waals surface area contributed by atoms with Crippen LogP contribution < -0.4 is 11.4 Å². The predicted octanol–water partition coefficient (Wildman–Crippen LogP) is -0.793. The fourth-order valence-electron chi connectivity index (χ4n) is 0.821. The zero-order valence-corrected chi connectivity index (χ0v) is 8.12. The number of methoxy groups -OCH3 is 1. The van der Waals surface area contributed by atoms with Crippen molar-refractivity contribution in [1.29, 1.82) is 0 Å². The first-order valence-corrected chi connectivity index (χ1v) is 3.79. The Kier molecular flexibility index (Phi) is 5.56. The summed E-state index contributed by atoms with van der Waals surface area (Å²) < 4.78 is 4.58. The normalized spacial score (nSPS) is 15.1. The number of esters is 1. The Morgan fingerprint density at radius 3 is 2.54 bits per heavy atom. The van der Waals surface area contributed by atoms with E-state index in [4.69, 9.17) is 10.7 Å². The standard InChI is InChI=1S/C7H16N2O4/c1-7(4-12-8,5-13-9-2)6(10)11-3/h9H,4-5,8H2,1-3H3. The van der Waals surface area contributed by atoms with Crippen molar-refractivity contribution in [3.63, 3.8) is 0 Å². The van der Waals surface area contributed by atoms with Gasteiger partial charge in [0.2, 0.25) is 0 Å². The number of rotatable bonds is 6. The highest BCUT2D eigenvalue weighted by Crippen LogP contribution is 2.18. The van der Waals surface area contributed by atoms with Crippen molar-refractivity contribution >= 4 is 5.97 Å². The molecule has 13 heavy (non-hydrogen) atoms. The molecular weight excluding hydrogens is 176 g/mol. The zero-order valence-electron chi connectivity index (χ0n) is 8.12. The molecule has 1 unspecified atom stereocenters. The van der Waals surface area contributed by atoms with Crippen LogP contribution in [0.1, 0.15) is 6.92 Å². The first-order valence-electron chi connectivity index (χ1n) is 3.79. The van der Waals surface area contributed by atoms with Crippen LogP contribution in [-0.4, -0.2) is 33.3 Å². The van der Waals surface area contributed by atoms with E-state index in [2.05, 4.69) is 15.1 Å². The maximum Gasteiger partial charge on any atom is 0.316 e. The van der Waals surface area contributed by atoms with E-state index >= 15 is 0 Å². The highest BCUT2D eigenvalue weighted by Gasteiger charge is 2.35. The van der Waals surface area contributed by atoms with Crippen LogP contribution in [0.15, 0.2) is 0 Å². The topological polar surface area (TPSA) is 82.8 Å². The number of nitrogens with two attached hydrogens (primary N) is 1. The smallest absolute Gasteiger partial charge is 0.316 e. The predicted molar refractivity (Wildman–Crippen MR) is 45.3 cm³/mol. The monoisotopic (exact) mass is 192 g/mol. The SMILES string of the molecule is CNOCC(C)(CON)C(=O)OC. The lowest BCUT2D eigenvalue weighted by Crippen LogP contribution is -2.40. The average Bonchev–Trinajstić information content (AvgIpc) is 2.14. The van der Waals surface area contributed by atoms with Gasteiger partial charge in [0, 0.05) is 7.05 Å². The second-order valence-electron chi connectivity index (χ2n) is 2.86. The van der Waals surface area contributed by atoms with E-state index in [9.17, 15) is 4.79 Å². The third-order valence-corrected chi connectivity index (χ3v) is 1.62. The van der Waals surface area contributed by atoms with Crippen LogP contribution in [0.25, 0.3) is 0 Å². The van der Waals surface area contributed by atoms with Crippen LogP contribution in [0, 0.1) is 5.41 Å². The Balaban J connectivity index is 4.23. The molecule has 0 bridgehead atoms. The summed E-state index contributed by atoms with van der Waals surface area (Å²) in [6.07, 6.45) is 0. The van der Waals surface area contributed by atoms with Gasteiger partial charge in [0.05, 0.1) is 20.3 Å². The summed E-state index contributed by atoms with van der Waals surface area (Å²) in [5.74, 6) is 4.47. The number of ether oxygens (including phenoxy) is 1. The molecule has 0 heterocycles. The Labute approximate surface area is 77.2 Å². The summed E-state index contributed by atoms with van der Waals surface area (Å²) in [6.45, 7) is 1.82. The van der Waals surface area contributed by atoms with Crippen LogP contribution in [0.5, 0.6) is 0 Å². The Hall–Kier alpha value is -0.690. The number of carbonyl (C=O) groups is 1. The lowest BCUT2D eigenvalue weighted by Gasteiger charge is -2.24. The second kappa shape index (κ2) is 5.87. The zero-order chi connectivity index (χ0) is 10.3. The first-order chi connectivity index (χ1) is 6.10. The van der Waals surface area contributed by atoms with E-state index in [-0.39, 0.29) is 13.2 Å². The van der Waals surface area contributed by atoms with Crippen molar-refractivity contribution in [3.05, 3.63) is 0 Å². The van der Waals surface area contributed by atoms with Gasteiger partial charge in [0.1, 0.15) is 5.41 Å². The molecule has 0 aromatic carbocycles. The van der Waals surface area contributed by atoms with Crippen LogP contribution in [0.3, 0.4) is 0 Å². The van der Waals surface area contributed by atoms with E-state index in [1.807, 2.05) is 0 Å². The number of hydrogen-bond donors (Lipinski definition) is 2. The summed E-state index contributed by atoms with van der Waals surface area (Å²) >= 11 is 0. The summed E-state index contributed by atoms with van der Waals surface area (Å²) in [6, 6.07) is 0. The molecule has 78 valence electrons. The molecule has 0 aliphatic rings. The van der Waals surface area contributed by atoms with Crippen molar-refractivity contribution in [2.45, 2.75) is 6.92 Å². The van der Waals surface area contributed by atoms with Crippen molar-refractivity contribution in [3.8, 4) is 0 Å². The fourth-order valence-corrected chi connectivity index (χ4v) is 0.821. The van der Waals surface area contributed by atoms with Gasteiger partial charge < -0.3 is 14.4 Å². The minimum Gasteiger partial charge on any atom is -0.468 e. The fraction of sp³-hybridized carbons (Fsp3) is 0.857. The molecule has 0 amide bonds. The molecule has 0 saturated carbocycles. The van der Waals surface area contributed by atoms with Gasteiger partial charge in [-0.25, -0.2) is 11.4 Å². The summed E-state index contributed by atoms with van der Waals surface area (Å²) in [5, 5.41) is 0. The summed E-state index contributed by atoms with van der Waals surface area (Å²) in [4.78, 5) is 20.6. The highest BCUT2D eigenvalue weighted by molar-refractivity contribution is 5.76. The van der Waals surface area contributed by atoms with Gasteiger partial charge in [0.15, 0.2) is 0 Å². The average molecular weight is 192 g/mol. The molecule has 0 spiro atoms. The second-order valence-corrected chi connectivity index (χ2v) is 2.86. The molecule has 0 aliphatic carbocycles. The number of nitrogens with one attached hydrogen (secondary N) is 1. The van der Waals surface area contributed by atoms with Gasteiger partial charge in [0.25, 0.3) is 0 Å². The van der Waals surface area contributed by atoms with Crippen LogP contribution >= 0.6 is 0 Å². The lowest BCUT2D eigenvalue weighted by molar-refractivity contribution is -0.162. The third-order valence-electron chi connectivity index (χ3n) is 1.62. The highest BCUT2D eigenvalue weighted by atomic mass is 16.6. The number of hydroxylamine groups is 1. The molecule has 0 fully saturated rings. The van der Waals surface area contributed by atoms with Gasteiger partial charge in [-0.2, -0.15) is 0 Å². The summed E-state index contributed by atoms with van der Waals surface area (Å²) in [5.41, 5.74) is 1.57. The van der Waals surface area contributed by atoms with E-state index in [0.717, 1.165) is 0 Å². The molecule has 0 aromatic heterocycles. The first kappa shape index (κ1) is 12.3. The molecule has 0 aromatic rings. The molecule has 3 N–H and O–H groups in total. The van der Waals surface area contributed by atoms with E-state index in [1.54, 1.807) is 14.0 Å². The van der Waals surface area contributed by atoms with Gasteiger partial charge in [-0.1, -0.05) is 0 Å². The van der Waals surface area contributed by atoms with Crippen LogP contribution in [-0.2, 0) is 19.2 Å². The van der Waals surface area contributed by atoms with Crippen LogP contribution in [0.2, 0.25) is 0 Å². The van der Waals surface area contributed by atoms with Crippen LogP contribution in [0.4, 0.5) is 0 Å². The molecule has 6 heteroatoms. The largest absolute Gasteiger partial charge is 0.468 e. The summed E-state index contributed by atoms with van der Waals surface area (Å²) in [7, 11) is 2.90. The molecule has 0 rings (SSSR count). The van der Waals surface area contributed by atoms with Crippen molar-refractivity contribution in [2.24, 2.45) is 11.3 Å². The Morgan fingerprint density at radius 2 is 2.15 bits per heavy atom. The molecular formula is C7H16N2O4. The molecule has 0 saturated heterocycles. The van der Waals surface area contributed by atoms with E-state index in [0.29, 0.717) is 0 Å². The maximum atomic E-state index is 11.3. The van der Waals surface area contributed by atoms with Crippen molar-refractivity contribution in [1.82, 2.24) is 5.48 Å². The third kappa shape index (κ3) is 3.69. The lowest BCUT2D eigenvalue weighted by atomic mass is 9.93. The van der Waals surface area contributed by atoms with E-state index < -0.39 is 11.4 Å². The molecule has 0 aliphatic heterocycles. The van der Waals surface area contributed by atoms with Gasteiger partial charge >= 0.3 is 5.97 Å².